The van der Waals surface area contributed by atoms with Crippen molar-refractivity contribution in [2.75, 3.05) is 13.7 Å². The van der Waals surface area contributed by atoms with E-state index in [1.54, 1.807) is 25.1 Å². The van der Waals surface area contributed by atoms with Crippen molar-refractivity contribution in [1.82, 2.24) is 0 Å². The van der Waals surface area contributed by atoms with Crippen LogP contribution in [0.1, 0.15) is 23.7 Å². The monoisotopic (exact) mass is 329 g/mol. The van der Waals surface area contributed by atoms with Gasteiger partial charge in [0, 0.05) is 12.0 Å². The van der Waals surface area contributed by atoms with E-state index in [1.807, 2.05) is 0 Å². The van der Waals surface area contributed by atoms with Gasteiger partial charge < -0.3 is 15.2 Å². The van der Waals surface area contributed by atoms with Gasteiger partial charge >= 0.3 is 5.97 Å². The van der Waals surface area contributed by atoms with E-state index < -0.39 is 12.0 Å². The Labute approximate surface area is 120 Å². The molecule has 0 bridgehead atoms. The number of benzene rings is 1. The quantitative estimate of drug-likeness (QED) is 0.637. The molecule has 5 nitrogen and oxygen atoms in total. The first-order chi connectivity index (χ1) is 8.99. The molecule has 6 heteroatoms. The third-order valence-electron chi connectivity index (χ3n) is 2.47. The normalized spacial score (nSPS) is 11.8. The van der Waals surface area contributed by atoms with Crippen LogP contribution >= 0.6 is 15.9 Å². The maximum Gasteiger partial charge on any atom is 0.323 e. The minimum absolute atomic E-state index is 0.0857. The van der Waals surface area contributed by atoms with E-state index in [0.717, 1.165) is 0 Å². The first kappa shape index (κ1) is 15.7. The standard InChI is InChI=1S/C13H16BrNO4/c1-3-19-13(17)10(15)7-11(16)8-4-5-12(18-2)9(14)6-8/h4-6,10H,3,7,15H2,1-2H3. The molecule has 19 heavy (non-hydrogen) atoms. The number of hydrogen-bond acceptors (Lipinski definition) is 5. The molecule has 0 heterocycles. The van der Waals surface area contributed by atoms with Crippen LogP contribution in [0.3, 0.4) is 0 Å². The number of halogens is 1. The van der Waals surface area contributed by atoms with Gasteiger partial charge in [-0.15, -0.1) is 0 Å². The molecule has 0 aliphatic rings. The van der Waals surface area contributed by atoms with Gasteiger partial charge in [0.25, 0.3) is 0 Å². The highest BCUT2D eigenvalue weighted by atomic mass is 79.9. The number of Topliss-reactive ketones (excluding diaryl/α,β-unsaturated/α-hetero) is 1. The fourth-order valence-corrected chi connectivity index (χ4v) is 2.03. The zero-order chi connectivity index (χ0) is 14.4. The number of ether oxygens (including phenoxy) is 2. The molecule has 1 unspecified atom stereocenters. The summed E-state index contributed by atoms with van der Waals surface area (Å²) < 4.78 is 10.5. The SMILES string of the molecule is CCOC(=O)C(N)CC(=O)c1ccc(OC)c(Br)c1. The highest BCUT2D eigenvalue weighted by Crippen LogP contribution is 2.26. The number of carbonyl (C=O) groups is 2. The van der Waals surface area contributed by atoms with Crippen LogP contribution in [-0.2, 0) is 9.53 Å². The Balaban J connectivity index is 2.73. The molecule has 0 fully saturated rings. The predicted octanol–water partition coefficient (Wildman–Crippen LogP) is 1.92. The molecule has 0 spiro atoms. The lowest BCUT2D eigenvalue weighted by Gasteiger charge is -2.10. The molecule has 0 saturated heterocycles. The summed E-state index contributed by atoms with van der Waals surface area (Å²) in [4.78, 5) is 23.3. The largest absolute Gasteiger partial charge is 0.496 e. The van der Waals surface area contributed by atoms with Crippen LogP contribution in [-0.4, -0.2) is 31.5 Å². The molecule has 0 aliphatic heterocycles. The van der Waals surface area contributed by atoms with Gasteiger partial charge in [0.15, 0.2) is 5.78 Å². The van der Waals surface area contributed by atoms with Gasteiger partial charge in [-0.1, -0.05) is 0 Å². The molecule has 0 amide bonds. The predicted molar refractivity (Wildman–Crippen MR) is 74.2 cm³/mol. The number of ketones is 1. The molecule has 1 aromatic rings. The minimum atomic E-state index is -0.937. The smallest absolute Gasteiger partial charge is 0.323 e. The Morgan fingerprint density at radius 3 is 2.63 bits per heavy atom. The van der Waals surface area contributed by atoms with Crippen LogP contribution in [0.2, 0.25) is 0 Å². The average molecular weight is 330 g/mol. The zero-order valence-corrected chi connectivity index (χ0v) is 12.4. The molecule has 2 N–H and O–H groups in total. The van der Waals surface area contributed by atoms with E-state index >= 15 is 0 Å². The fraction of sp³-hybridized carbons (Fsp3) is 0.385. The third kappa shape index (κ3) is 4.33. The molecule has 1 aromatic carbocycles. The van der Waals surface area contributed by atoms with Crippen molar-refractivity contribution in [2.24, 2.45) is 5.73 Å². The third-order valence-corrected chi connectivity index (χ3v) is 3.09. The Hall–Kier alpha value is -1.40. The first-order valence-electron chi connectivity index (χ1n) is 5.78. The maximum absolute atomic E-state index is 12.0. The molecular weight excluding hydrogens is 314 g/mol. The van der Waals surface area contributed by atoms with Crippen LogP contribution < -0.4 is 10.5 Å². The number of carbonyl (C=O) groups excluding carboxylic acids is 2. The summed E-state index contributed by atoms with van der Waals surface area (Å²) in [7, 11) is 1.54. The summed E-state index contributed by atoms with van der Waals surface area (Å²) in [5, 5.41) is 0. The molecule has 104 valence electrons. The lowest BCUT2D eigenvalue weighted by atomic mass is 10.0. The van der Waals surface area contributed by atoms with E-state index in [1.165, 1.54) is 7.11 Å². The van der Waals surface area contributed by atoms with Crippen molar-refractivity contribution in [3.05, 3.63) is 28.2 Å². The van der Waals surface area contributed by atoms with Crippen LogP contribution in [0.4, 0.5) is 0 Å². The summed E-state index contributed by atoms with van der Waals surface area (Å²) in [5.74, 6) is -0.154. The highest BCUT2D eigenvalue weighted by Gasteiger charge is 2.20. The van der Waals surface area contributed by atoms with Gasteiger partial charge in [-0.25, -0.2) is 0 Å². The van der Waals surface area contributed by atoms with Gasteiger partial charge in [0.1, 0.15) is 11.8 Å². The number of esters is 1. The van der Waals surface area contributed by atoms with Gasteiger partial charge in [0.2, 0.25) is 0 Å². The highest BCUT2D eigenvalue weighted by molar-refractivity contribution is 9.10. The van der Waals surface area contributed by atoms with Gasteiger partial charge in [-0.05, 0) is 41.1 Å². The molecule has 0 aliphatic carbocycles. The second kappa shape index (κ2) is 7.25. The zero-order valence-electron chi connectivity index (χ0n) is 10.8. The van der Waals surface area contributed by atoms with Gasteiger partial charge in [0.05, 0.1) is 18.2 Å². The Morgan fingerprint density at radius 2 is 2.11 bits per heavy atom. The number of hydrogen-bond donors (Lipinski definition) is 1. The van der Waals surface area contributed by atoms with Crippen LogP contribution in [0, 0.1) is 0 Å². The van der Waals surface area contributed by atoms with Crippen molar-refractivity contribution in [2.45, 2.75) is 19.4 Å². The Morgan fingerprint density at radius 1 is 1.42 bits per heavy atom. The summed E-state index contributed by atoms with van der Waals surface area (Å²) in [5.41, 5.74) is 6.07. The average Bonchev–Trinajstić information content (AvgIpc) is 2.38. The number of rotatable bonds is 6. The van der Waals surface area contributed by atoms with E-state index in [-0.39, 0.29) is 18.8 Å². The summed E-state index contributed by atoms with van der Waals surface area (Å²) in [6.45, 7) is 1.93. The number of nitrogens with two attached hydrogens (primary N) is 1. The fourth-order valence-electron chi connectivity index (χ4n) is 1.49. The Kier molecular flexibility index (Phi) is 5.98. The van der Waals surface area contributed by atoms with Crippen LogP contribution in [0.5, 0.6) is 5.75 Å². The van der Waals surface area contributed by atoms with Gasteiger partial charge in [-0.2, -0.15) is 0 Å². The lowest BCUT2D eigenvalue weighted by Crippen LogP contribution is -2.34. The van der Waals surface area contributed by atoms with Crippen molar-refractivity contribution in [1.29, 1.82) is 0 Å². The molecule has 0 aromatic heterocycles. The molecular formula is C13H16BrNO4. The lowest BCUT2D eigenvalue weighted by molar-refractivity contribution is -0.144. The van der Waals surface area contributed by atoms with Crippen molar-refractivity contribution >= 4 is 27.7 Å². The van der Waals surface area contributed by atoms with E-state index in [4.69, 9.17) is 15.2 Å². The topological polar surface area (TPSA) is 78.6 Å². The summed E-state index contributed by atoms with van der Waals surface area (Å²) >= 11 is 3.30. The van der Waals surface area contributed by atoms with Gasteiger partial charge in [-0.3, -0.25) is 9.59 Å². The van der Waals surface area contributed by atoms with Crippen molar-refractivity contribution in [3.8, 4) is 5.75 Å². The van der Waals surface area contributed by atoms with Crippen LogP contribution in [0.15, 0.2) is 22.7 Å². The first-order valence-corrected chi connectivity index (χ1v) is 6.57. The van der Waals surface area contributed by atoms with E-state index in [9.17, 15) is 9.59 Å². The summed E-state index contributed by atoms with van der Waals surface area (Å²) in [6.07, 6.45) is -0.0857. The number of methoxy groups -OCH3 is 1. The molecule has 1 rings (SSSR count). The van der Waals surface area contributed by atoms with Crippen molar-refractivity contribution < 1.29 is 19.1 Å². The molecule has 0 saturated carbocycles. The Bertz CT molecular complexity index is 476. The second-order valence-electron chi connectivity index (χ2n) is 3.84. The van der Waals surface area contributed by atoms with Crippen molar-refractivity contribution in [3.63, 3.8) is 0 Å². The maximum atomic E-state index is 12.0. The molecule has 1 atom stereocenters. The molecule has 0 radical (unpaired) electrons. The van der Waals surface area contributed by atoms with E-state index in [2.05, 4.69) is 15.9 Å². The second-order valence-corrected chi connectivity index (χ2v) is 4.69. The minimum Gasteiger partial charge on any atom is -0.496 e. The van der Waals surface area contributed by atoms with E-state index in [0.29, 0.717) is 15.8 Å². The van der Waals surface area contributed by atoms with Crippen LogP contribution in [0.25, 0.3) is 0 Å². The summed E-state index contributed by atoms with van der Waals surface area (Å²) in [6, 6.07) is 4.00.